The van der Waals surface area contributed by atoms with Gasteiger partial charge >= 0.3 is 0 Å². The van der Waals surface area contributed by atoms with Crippen LogP contribution in [-0.4, -0.2) is 5.91 Å². The number of nitrogens with two attached hydrogens (primary N) is 1. The summed E-state index contributed by atoms with van der Waals surface area (Å²) in [5.41, 5.74) is 8.32. The molecule has 20 heavy (non-hydrogen) atoms. The number of benzene rings is 2. The van der Waals surface area contributed by atoms with Crippen molar-refractivity contribution in [1.29, 1.82) is 0 Å². The van der Waals surface area contributed by atoms with Crippen LogP contribution in [0.3, 0.4) is 0 Å². The lowest BCUT2D eigenvalue weighted by molar-refractivity contribution is 0.0999. The summed E-state index contributed by atoms with van der Waals surface area (Å²) < 4.78 is 13.9. The molecule has 0 fully saturated rings. The van der Waals surface area contributed by atoms with E-state index in [1.807, 2.05) is 12.1 Å². The second kappa shape index (κ2) is 4.91. The van der Waals surface area contributed by atoms with E-state index in [9.17, 15) is 9.18 Å². The second-order valence-electron chi connectivity index (χ2n) is 5.00. The second-order valence-corrected chi connectivity index (χ2v) is 5.43. The molecule has 2 aromatic carbocycles. The number of hydrogen-bond donors (Lipinski definition) is 1. The molecule has 0 aromatic heterocycles. The third-order valence-electron chi connectivity index (χ3n) is 3.85. The van der Waals surface area contributed by atoms with Gasteiger partial charge in [0.15, 0.2) is 0 Å². The van der Waals surface area contributed by atoms with Crippen molar-refractivity contribution in [2.75, 3.05) is 0 Å². The van der Waals surface area contributed by atoms with Crippen LogP contribution >= 0.6 is 11.6 Å². The predicted molar refractivity (Wildman–Crippen MR) is 76.5 cm³/mol. The molecule has 1 aliphatic rings. The van der Waals surface area contributed by atoms with Crippen molar-refractivity contribution >= 4 is 17.5 Å². The maximum Gasteiger partial charge on any atom is 0.248 e. The number of carbonyl (C=O) groups is 1. The minimum absolute atomic E-state index is 0.0260. The predicted octanol–water partition coefficient (Wildman–Crippen LogP) is 3.66. The van der Waals surface area contributed by atoms with Crippen LogP contribution < -0.4 is 5.73 Å². The molecule has 2 aromatic rings. The standard InChI is InChI=1S/C16H13ClFNO/c17-9-7-14-11(5-6-12(14)15(18)8-9)10-3-1-2-4-13(10)16(19)20/h1-4,7-8,11H,5-6H2,(H2,19,20)/t11-/m1/s1. The maximum absolute atomic E-state index is 13.9. The maximum atomic E-state index is 13.9. The highest BCUT2D eigenvalue weighted by molar-refractivity contribution is 6.30. The lowest BCUT2D eigenvalue weighted by Gasteiger charge is -2.15. The smallest absolute Gasteiger partial charge is 0.248 e. The van der Waals surface area contributed by atoms with E-state index >= 15 is 0 Å². The summed E-state index contributed by atoms with van der Waals surface area (Å²) in [5.74, 6) is -0.759. The summed E-state index contributed by atoms with van der Waals surface area (Å²) in [6.45, 7) is 0. The molecule has 3 rings (SSSR count). The van der Waals surface area contributed by atoms with Gasteiger partial charge in [-0.2, -0.15) is 0 Å². The van der Waals surface area contributed by atoms with Crippen LogP contribution in [-0.2, 0) is 6.42 Å². The summed E-state index contributed by atoms with van der Waals surface area (Å²) in [6.07, 6.45) is 1.41. The number of hydrogen-bond acceptors (Lipinski definition) is 1. The highest BCUT2D eigenvalue weighted by atomic mass is 35.5. The molecule has 4 heteroatoms. The Hall–Kier alpha value is -1.87. The van der Waals surface area contributed by atoms with Crippen LogP contribution in [0.25, 0.3) is 0 Å². The number of primary amides is 1. The zero-order valence-electron chi connectivity index (χ0n) is 10.7. The van der Waals surface area contributed by atoms with Gasteiger partial charge in [0, 0.05) is 16.5 Å². The molecule has 0 aliphatic heterocycles. The van der Waals surface area contributed by atoms with Gasteiger partial charge in [-0.05, 0) is 47.7 Å². The number of amides is 1. The first-order valence-corrected chi connectivity index (χ1v) is 6.82. The topological polar surface area (TPSA) is 43.1 Å². The molecule has 2 nitrogen and oxygen atoms in total. The van der Waals surface area contributed by atoms with Gasteiger partial charge in [-0.15, -0.1) is 0 Å². The molecule has 0 bridgehead atoms. The summed E-state index contributed by atoms with van der Waals surface area (Å²) in [7, 11) is 0. The fraction of sp³-hybridized carbons (Fsp3) is 0.188. The van der Waals surface area contributed by atoms with E-state index in [1.165, 1.54) is 6.07 Å². The summed E-state index contributed by atoms with van der Waals surface area (Å²) in [4.78, 5) is 11.5. The van der Waals surface area contributed by atoms with Gasteiger partial charge < -0.3 is 5.73 Å². The fourth-order valence-corrected chi connectivity index (χ4v) is 3.20. The Bertz CT molecular complexity index is 699. The molecule has 0 saturated carbocycles. The Morgan fingerprint density at radius 2 is 2.00 bits per heavy atom. The van der Waals surface area contributed by atoms with E-state index in [1.54, 1.807) is 18.2 Å². The van der Waals surface area contributed by atoms with Crippen LogP contribution in [0.15, 0.2) is 36.4 Å². The largest absolute Gasteiger partial charge is 0.366 e. The molecule has 0 radical (unpaired) electrons. The summed E-state index contributed by atoms with van der Waals surface area (Å²) in [5, 5.41) is 0.379. The van der Waals surface area contributed by atoms with Gasteiger partial charge in [0.05, 0.1) is 0 Å². The average molecular weight is 290 g/mol. The number of carbonyl (C=O) groups excluding carboxylic acids is 1. The van der Waals surface area contributed by atoms with Crippen LogP contribution in [0.1, 0.15) is 39.4 Å². The van der Waals surface area contributed by atoms with E-state index in [-0.39, 0.29) is 11.7 Å². The molecular weight excluding hydrogens is 277 g/mol. The first-order valence-electron chi connectivity index (χ1n) is 6.44. The zero-order chi connectivity index (χ0) is 14.3. The Labute approximate surface area is 121 Å². The molecule has 0 saturated heterocycles. The van der Waals surface area contributed by atoms with E-state index in [2.05, 4.69) is 0 Å². The molecule has 1 aliphatic carbocycles. The molecule has 0 spiro atoms. The minimum Gasteiger partial charge on any atom is -0.366 e. The molecule has 102 valence electrons. The highest BCUT2D eigenvalue weighted by Gasteiger charge is 2.29. The van der Waals surface area contributed by atoms with E-state index in [0.717, 1.165) is 17.5 Å². The first-order chi connectivity index (χ1) is 9.58. The van der Waals surface area contributed by atoms with Gasteiger partial charge in [-0.1, -0.05) is 29.8 Å². The third-order valence-corrected chi connectivity index (χ3v) is 4.07. The van der Waals surface area contributed by atoms with Crippen molar-refractivity contribution in [1.82, 2.24) is 0 Å². The number of halogens is 2. The van der Waals surface area contributed by atoms with Crippen molar-refractivity contribution in [3.63, 3.8) is 0 Å². The van der Waals surface area contributed by atoms with Gasteiger partial charge in [0.2, 0.25) is 5.91 Å². The zero-order valence-corrected chi connectivity index (χ0v) is 11.5. The van der Waals surface area contributed by atoms with Gasteiger partial charge in [0.1, 0.15) is 5.82 Å². The van der Waals surface area contributed by atoms with Crippen molar-refractivity contribution in [2.45, 2.75) is 18.8 Å². The molecule has 0 heterocycles. The Morgan fingerprint density at radius 1 is 1.25 bits per heavy atom. The molecular formula is C16H13ClFNO. The molecule has 1 amide bonds. The van der Waals surface area contributed by atoms with E-state index in [4.69, 9.17) is 17.3 Å². The van der Waals surface area contributed by atoms with E-state index < -0.39 is 5.91 Å². The van der Waals surface area contributed by atoms with Crippen molar-refractivity contribution in [3.05, 3.63) is 69.5 Å². The molecule has 2 N–H and O–H groups in total. The normalized spacial score (nSPS) is 17.0. The number of fused-ring (bicyclic) bond motifs is 1. The lowest BCUT2D eigenvalue weighted by atomic mass is 9.89. The highest BCUT2D eigenvalue weighted by Crippen LogP contribution is 2.41. The van der Waals surface area contributed by atoms with Crippen LogP contribution in [0, 0.1) is 5.82 Å². The quantitative estimate of drug-likeness (QED) is 0.901. The van der Waals surface area contributed by atoms with Crippen molar-refractivity contribution in [3.8, 4) is 0 Å². The van der Waals surface area contributed by atoms with Crippen molar-refractivity contribution in [2.24, 2.45) is 5.73 Å². The third kappa shape index (κ3) is 2.08. The summed E-state index contributed by atoms with van der Waals surface area (Å²) >= 11 is 5.95. The monoisotopic (exact) mass is 289 g/mol. The van der Waals surface area contributed by atoms with Crippen LogP contribution in [0.4, 0.5) is 4.39 Å². The fourth-order valence-electron chi connectivity index (χ4n) is 2.99. The van der Waals surface area contributed by atoms with Crippen molar-refractivity contribution < 1.29 is 9.18 Å². The minimum atomic E-state index is -0.462. The number of rotatable bonds is 2. The Balaban J connectivity index is 2.15. The van der Waals surface area contributed by atoms with Gasteiger partial charge in [-0.25, -0.2) is 4.39 Å². The van der Waals surface area contributed by atoms with Crippen LogP contribution in [0.2, 0.25) is 5.02 Å². The van der Waals surface area contributed by atoms with Gasteiger partial charge in [0.25, 0.3) is 0 Å². The molecule has 0 unspecified atom stereocenters. The molecule has 1 atom stereocenters. The Kier molecular flexibility index (Phi) is 3.22. The Morgan fingerprint density at radius 3 is 2.75 bits per heavy atom. The SMILES string of the molecule is NC(=O)c1ccccc1[C@H]1CCc2c(F)cc(Cl)cc21. The first kappa shape index (κ1) is 13.1. The summed E-state index contributed by atoms with van der Waals surface area (Å²) in [6, 6.07) is 10.3. The van der Waals surface area contributed by atoms with E-state index in [0.29, 0.717) is 22.6 Å². The van der Waals surface area contributed by atoms with Crippen LogP contribution in [0.5, 0.6) is 0 Å². The average Bonchev–Trinajstić information content (AvgIpc) is 2.82. The van der Waals surface area contributed by atoms with Gasteiger partial charge in [-0.3, -0.25) is 4.79 Å². The lowest BCUT2D eigenvalue weighted by Crippen LogP contribution is -2.15.